The molecule has 0 bridgehead atoms. The Morgan fingerprint density at radius 3 is 2.09 bits per heavy atom. The number of nitrogens with one attached hydrogen (secondary N) is 1. The van der Waals surface area contributed by atoms with Gasteiger partial charge in [0.1, 0.15) is 4.90 Å². The number of rotatable bonds is 6. The molecule has 0 aliphatic carbocycles. The van der Waals surface area contributed by atoms with Crippen LogP contribution >= 0.6 is 0 Å². The number of anilines is 2. The highest BCUT2D eigenvalue weighted by Gasteiger charge is 2.31. The Kier molecular flexibility index (Phi) is 6.15. The molecule has 2 aromatic heterocycles. The summed E-state index contributed by atoms with van der Waals surface area (Å²) < 4.78 is 96.9. The van der Waals surface area contributed by atoms with E-state index in [9.17, 15) is 30.4 Å². The lowest BCUT2D eigenvalue weighted by Gasteiger charge is -2.16. The molecule has 8 nitrogen and oxygen atoms in total. The first-order valence-electron chi connectivity index (χ1n) is 9.63. The third-order valence-electron chi connectivity index (χ3n) is 4.91. The largest absolute Gasteiger partial charge is 0.372 e. The fourth-order valence-electron chi connectivity index (χ4n) is 3.02. The Labute approximate surface area is 195 Å². The second-order valence-corrected chi connectivity index (χ2v) is 8.72. The molecule has 0 saturated heterocycles. The van der Waals surface area contributed by atoms with Crippen molar-refractivity contribution in [1.82, 2.24) is 20.2 Å². The summed E-state index contributed by atoms with van der Waals surface area (Å²) in [5.74, 6) is -13.5. The molecule has 182 valence electrons. The molecule has 0 fully saturated rings. The SMILES string of the molecule is Cc1cnc(N(C)c2cn[nH]c2)nc1-c1ccc(S(=O)(=O)Oc2c(F)c(F)c(F)c(F)c2F)cc1. The molecule has 0 atom stereocenters. The zero-order chi connectivity index (χ0) is 25.5. The van der Waals surface area contributed by atoms with Gasteiger partial charge in [-0.1, -0.05) is 12.1 Å². The van der Waals surface area contributed by atoms with Crippen LogP contribution in [-0.4, -0.2) is 35.6 Å². The van der Waals surface area contributed by atoms with Crippen molar-refractivity contribution in [3.05, 3.63) is 77.5 Å². The molecule has 14 heteroatoms. The van der Waals surface area contributed by atoms with Crippen LogP contribution in [0.5, 0.6) is 5.75 Å². The number of aromatic nitrogens is 4. The summed E-state index contributed by atoms with van der Waals surface area (Å²) in [5, 5.41) is 6.52. The molecule has 2 aromatic carbocycles. The van der Waals surface area contributed by atoms with Gasteiger partial charge in [0, 0.05) is 25.0 Å². The van der Waals surface area contributed by atoms with Gasteiger partial charge in [-0.15, -0.1) is 0 Å². The van der Waals surface area contributed by atoms with Crippen molar-refractivity contribution in [1.29, 1.82) is 0 Å². The quantitative estimate of drug-likeness (QED) is 0.177. The van der Waals surface area contributed by atoms with Gasteiger partial charge in [0.05, 0.1) is 17.6 Å². The smallest absolute Gasteiger partial charge is 0.339 e. The third kappa shape index (κ3) is 4.39. The maximum absolute atomic E-state index is 13.8. The van der Waals surface area contributed by atoms with Gasteiger partial charge in [0.15, 0.2) is 0 Å². The number of hydrogen-bond acceptors (Lipinski definition) is 7. The first kappa shape index (κ1) is 24.1. The molecule has 35 heavy (non-hydrogen) atoms. The standard InChI is InChI=1S/C21H14F5N5O3S/c1-10-7-27-21(31(2)12-8-28-29-9-12)30-19(10)11-3-5-13(6-4-11)35(32,33)34-20-17(25)15(23)14(22)16(24)18(20)26/h3-9H,1-2H3,(H,28,29). The van der Waals surface area contributed by atoms with Crippen molar-refractivity contribution < 1.29 is 34.6 Å². The van der Waals surface area contributed by atoms with E-state index in [0.717, 1.165) is 12.1 Å². The molecule has 0 aliphatic heterocycles. The summed E-state index contributed by atoms with van der Waals surface area (Å²) in [5.41, 5.74) is 2.26. The highest BCUT2D eigenvalue weighted by Crippen LogP contribution is 2.32. The van der Waals surface area contributed by atoms with Crippen LogP contribution in [0.15, 0.2) is 47.8 Å². The van der Waals surface area contributed by atoms with E-state index in [1.807, 2.05) is 0 Å². The van der Waals surface area contributed by atoms with Crippen LogP contribution in [0.2, 0.25) is 0 Å². The summed E-state index contributed by atoms with van der Waals surface area (Å²) in [7, 11) is -3.24. The number of aryl methyl sites for hydroxylation is 1. The minimum Gasteiger partial charge on any atom is -0.372 e. The van der Waals surface area contributed by atoms with Crippen molar-refractivity contribution in [3.8, 4) is 17.0 Å². The summed E-state index contributed by atoms with van der Waals surface area (Å²) in [6.45, 7) is 1.73. The number of hydrogen-bond donors (Lipinski definition) is 1. The van der Waals surface area contributed by atoms with Crippen LogP contribution < -0.4 is 9.08 Å². The Morgan fingerprint density at radius 1 is 0.914 bits per heavy atom. The fraction of sp³-hybridized carbons (Fsp3) is 0.0952. The predicted octanol–water partition coefficient (Wildman–Crippen LogP) is 4.41. The molecule has 0 saturated carbocycles. The van der Waals surface area contributed by atoms with E-state index in [4.69, 9.17) is 0 Å². The van der Waals surface area contributed by atoms with Crippen LogP contribution in [0, 0.1) is 36.0 Å². The van der Waals surface area contributed by atoms with Gasteiger partial charge in [-0.05, 0) is 24.6 Å². The second-order valence-electron chi connectivity index (χ2n) is 7.18. The third-order valence-corrected chi connectivity index (χ3v) is 6.14. The second kappa shape index (κ2) is 8.94. The summed E-state index contributed by atoms with van der Waals surface area (Å²) in [6.07, 6.45) is 4.76. The number of H-pyrrole nitrogens is 1. The first-order chi connectivity index (χ1) is 16.5. The molecular formula is C21H14F5N5O3S. The van der Waals surface area contributed by atoms with E-state index in [0.29, 0.717) is 28.5 Å². The molecule has 1 N–H and O–H groups in total. The van der Waals surface area contributed by atoms with Crippen LogP contribution in [0.1, 0.15) is 5.56 Å². The molecule has 0 radical (unpaired) electrons. The van der Waals surface area contributed by atoms with Crippen molar-refractivity contribution in [2.24, 2.45) is 0 Å². The maximum atomic E-state index is 13.8. The maximum Gasteiger partial charge on any atom is 0.339 e. The fourth-order valence-corrected chi connectivity index (χ4v) is 3.96. The van der Waals surface area contributed by atoms with Gasteiger partial charge in [0.25, 0.3) is 0 Å². The Balaban J connectivity index is 1.65. The normalized spacial score (nSPS) is 11.5. The molecule has 0 amide bonds. The van der Waals surface area contributed by atoms with Crippen molar-refractivity contribution in [2.75, 3.05) is 11.9 Å². The van der Waals surface area contributed by atoms with Gasteiger partial charge < -0.3 is 9.08 Å². The van der Waals surface area contributed by atoms with E-state index in [1.54, 1.807) is 37.5 Å². The molecule has 4 aromatic rings. The van der Waals surface area contributed by atoms with E-state index >= 15 is 0 Å². The number of aromatic amines is 1. The lowest BCUT2D eigenvalue weighted by Crippen LogP contribution is -2.14. The van der Waals surface area contributed by atoms with Crippen LogP contribution in [0.3, 0.4) is 0 Å². The molecule has 0 unspecified atom stereocenters. The highest BCUT2D eigenvalue weighted by molar-refractivity contribution is 7.87. The summed E-state index contributed by atoms with van der Waals surface area (Å²) in [6, 6.07) is 4.76. The number of halogens is 5. The topological polar surface area (TPSA) is 101 Å². The zero-order valence-corrected chi connectivity index (χ0v) is 18.7. The molecule has 0 spiro atoms. The van der Waals surface area contributed by atoms with Crippen molar-refractivity contribution in [2.45, 2.75) is 11.8 Å². The lowest BCUT2D eigenvalue weighted by atomic mass is 10.1. The minimum absolute atomic E-state index is 0.318. The van der Waals surface area contributed by atoms with Gasteiger partial charge in [-0.25, -0.2) is 23.1 Å². The van der Waals surface area contributed by atoms with Gasteiger partial charge in [0.2, 0.25) is 40.8 Å². The van der Waals surface area contributed by atoms with Crippen LogP contribution in [0.4, 0.5) is 33.6 Å². The summed E-state index contributed by atoms with van der Waals surface area (Å²) in [4.78, 5) is 9.81. The van der Waals surface area contributed by atoms with E-state index < -0.39 is 49.8 Å². The summed E-state index contributed by atoms with van der Waals surface area (Å²) >= 11 is 0. The van der Waals surface area contributed by atoms with Gasteiger partial charge >= 0.3 is 10.1 Å². The van der Waals surface area contributed by atoms with E-state index in [1.165, 1.54) is 12.1 Å². The Morgan fingerprint density at radius 2 is 1.51 bits per heavy atom. The minimum atomic E-state index is -4.95. The molecule has 2 heterocycles. The lowest BCUT2D eigenvalue weighted by molar-refractivity contribution is 0.346. The molecule has 4 rings (SSSR count). The number of nitrogens with zero attached hydrogens (tertiary/aromatic N) is 4. The van der Waals surface area contributed by atoms with E-state index in [-0.39, 0.29) is 0 Å². The first-order valence-corrected chi connectivity index (χ1v) is 11.0. The van der Waals surface area contributed by atoms with E-state index in [2.05, 4.69) is 24.3 Å². The van der Waals surface area contributed by atoms with Crippen molar-refractivity contribution >= 4 is 21.8 Å². The highest BCUT2D eigenvalue weighted by atomic mass is 32.2. The van der Waals surface area contributed by atoms with Crippen LogP contribution in [-0.2, 0) is 10.1 Å². The Hall–Kier alpha value is -4.07. The monoisotopic (exact) mass is 511 g/mol. The van der Waals surface area contributed by atoms with Crippen LogP contribution in [0.25, 0.3) is 11.3 Å². The predicted molar refractivity (Wildman–Crippen MR) is 113 cm³/mol. The van der Waals surface area contributed by atoms with Gasteiger partial charge in [-0.3, -0.25) is 5.10 Å². The number of benzene rings is 2. The van der Waals surface area contributed by atoms with Crippen molar-refractivity contribution in [3.63, 3.8) is 0 Å². The molecule has 0 aliphatic rings. The van der Waals surface area contributed by atoms with Gasteiger partial charge in [-0.2, -0.15) is 22.3 Å². The molecular weight excluding hydrogens is 497 g/mol. The zero-order valence-electron chi connectivity index (χ0n) is 17.9. The average molecular weight is 511 g/mol. The average Bonchev–Trinajstić information content (AvgIpc) is 3.39. The Bertz CT molecular complexity index is 1480.